The molecule has 0 atom stereocenters. The molecule has 4 rings (SSSR count). The second kappa shape index (κ2) is 8.49. The fourth-order valence-electron chi connectivity index (χ4n) is 3.67. The molecule has 30 heavy (non-hydrogen) atoms. The molecule has 1 aromatic carbocycles. The van der Waals surface area contributed by atoms with Gasteiger partial charge in [-0.25, -0.2) is 0 Å². The van der Waals surface area contributed by atoms with Crippen molar-refractivity contribution in [1.82, 2.24) is 20.1 Å². The van der Waals surface area contributed by atoms with Gasteiger partial charge in [-0.15, -0.1) is 0 Å². The highest BCUT2D eigenvalue weighted by atomic mass is 16.2. The third-order valence-corrected chi connectivity index (χ3v) is 5.69. The van der Waals surface area contributed by atoms with Gasteiger partial charge in [0.05, 0.1) is 5.69 Å². The van der Waals surface area contributed by atoms with Gasteiger partial charge < -0.3 is 10.2 Å². The normalized spacial score (nSPS) is 14.5. The Morgan fingerprint density at radius 2 is 1.90 bits per heavy atom. The summed E-state index contributed by atoms with van der Waals surface area (Å²) in [6, 6.07) is 11.4. The molecule has 0 unspecified atom stereocenters. The second-order valence-corrected chi connectivity index (χ2v) is 7.76. The molecule has 0 aliphatic carbocycles. The van der Waals surface area contributed by atoms with E-state index in [9.17, 15) is 9.59 Å². The van der Waals surface area contributed by atoms with Crippen LogP contribution in [0.2, 0.25) is 0 Å². The van der Waals surface area contributed by atoms with E-state index in [2.05, 4.69) is 20.5 Å². The fraction of sp³-hybridized carbons (Fsp3) is 0.304. The maximum atomic E-state index is 12.8. The van der Waals surface area contributed by atoms with Crippen molar-refractivity contribution < 1.29 is 9.59 Å². The Labute approximate surface area is 175 Å². The molecular weight excluding hydrogens is 378 g/mol. The number of carbonyl (C=O) groups is 2. The minimum atomic E-state index is -0.0941. The number of rotatable bonds is 4. The number of aromatic nitrogens is 3. The molecule has 2 aromatic heterocycles. The van der Waals surface area contributed by atoms with Crippen molar-refractivity contribution in [2.24, 2.45) is 5.92 Å². The standard InChI is InChI=1S/C23H25N5O2/c1-15-5-6-19(12-16(15)2)25-22(29)17-7-10-28(11-8-17)23(30)21-13-20(26-27-21)18-4-3-9-24-14-18/h3-6,9,12-14,17H,7-8,10-11H2,1-2H3,(H,25,29)(H,26,27). The van der Waals surface area contributed by atoms with Crippen LogP contribution in [0.4, 0.5) is 5.69 Å². The maximum Gasteiger partial charge on any atom is 0.271 e. The molecule has 7 nitrogen and oxygen atoms in total. The Kier molecular flexibility index (Phi) is 5.61. The van der Waals surface area contributed by atoms with E-state index >= 15 is 0 Å². The third-order valence-electron chi connectivity index (χ3n) is 5.69. The number of pyridine rings is 1. The number of H-pyrrole nitrogens is 1. The first kappa shape index (κ1) is 19.8. The largest absolute Gasteiger partial charge is 0.337 e. The van der Waals surface area contributed by atoms with Crippen molar-refractivity contribution in [1.29, 1.82) is 0 Å². The van der Waals surface area contributed by atoms with Gasteiger partial charge in [0, 0.05) is 42.7 Å². The van der Waals surface area contributed by atoms with Crippen molar-refractivity contribution in [3.05, 3.63) is 65.6 Å². The number of carbonyl (C=O) groups excluding carboxylic acids is 2. The van der Waals surface area contributed by atoms with Crippen LogP contribution in [0.3, 0.4) is 0 Å². The number of benzene rings is 1. The average molecular weight is 403 g/mol. The number of hydrogen-bond donors (Lipinski definition) is 2. The molecule has 7 heteroatoms. The fourth-order valence-corrected chi connectivity index (χ4v) is 3.67. The number of likely N-dealkylation sites (tertiary alicyclic amines) is 1. The number of nitrogens with zero attached hydrogens (tertiary/aromatic N) is 3. The summed E-state index contributed by atoms with van der Waals surface area (Å²) >= 11 is 0. The predicted octanol–water partition coefficient (Wildman–Crippen LogP) is 3.58. The van der Waals surface area contributed by atoms with Gasteiger partial charge in [0.25, 0.3) is 5.91 Å². The Morgan fingerprint density at radius 3 is 2.60 bits per heavy atom. The molecule has 3 aromatic rings. The molecule has 1 fully saturated rings. The Balaban J connectivity index is 1.34. The van der Waals surface area contributed by atoms with Crippen LogP contribution in [0.5, 0.6) is 0 Å². The van der Waals surface area contributed by atoms with Crippen molar-refractivity contribution in [2.45, 2.75) is 26.7 Å². The smallest absolute Gasteiger partial charge is 0.271 e. The Bertz CT molecular complexity index is 1050. The van der Waals surface area contributed by atoms with Crippen LogP contribution in [0.1, 0.15) is 34.5 Å². The summed E-state index contributed by atoms with van der Waals surface area (Å²) in [7, 11) is 0. The van der Waals surface area contributed by atoms with Crippen LogP contribution in [0.25, 0.3) is 11.3 Å². The lowest BCUT2D eigenvalue weighted by atomic mass is 9.95. The van der Waals surface area contributed by atoms with E-state index in [0.717, 1.165) is 16.8 Å². The van der Waals surface area contributed by atoms with Crippen LogP contribution < -0.4 is 5.32 Å². The number of piperidine rings is 1. The van der Waals surface area contributed by atoms with Crippen molar-refractivity contribution >= 4 is 17.5 Å². The maximum absolute atomic E-state index is 12.8. The highest BCUT2D eigenvalue weighted by Gasteiger charge is 2.28. The van der Waals surface area contributed by atoms with E-state index in [0.29, 0.717) is 37.3 Å². The highest BCUT2D eigenvalue weighted by Crippen LogP contribution is 2.23. The SMILES string of the molecule is Cc1ccc(NC(=O)C2CCN(C(=O)c3cc(-c4cccnc4)n[nH]3)CC2)cc1C. The Morgan fingerprint density at radius 1 is 1.10 bits per heavy atom. The molecule has 154 valence electrons. The number of amides is 2. The van der Waals surface area contributed by atoms with Crippen molar-refractivity contribution in [3.63, 3.8) is 0 Å². The summed E-state index contributed by atoms with van der Waals surface area (Å²) < 4.78 is 0. The van der Waals surface area contributed by atoms with Crippen molar-refractivity contribution in [3.8, 4) is 11.3 Å². The first-order chi connectivity index (χ1) is 14.5. The zero-order valence-corrected chi connectivity index (χ0v) is 17.2. The highest BCUT2D eigenvalue weighted by molar-refractivity contribution is 5.95. The van der Waals surface area contributed by atoms with Crippen LogP contribution in [-0.4, -0.2) is 45.0 Å². The van der Waals surface area contributed by atoms with E-state index in [1.54, 1.807) is 23.4 Å². The number of nitrogens with one attached hydrogen (secondary N) is 2. The van der Waals surface area contributed by atoms with Gasteiger partial charge in [-0.1, -0.05) is 6.07 Å². The third kappa shape index (κ3) is 4.25. The molecule has 3 heterocycles. The van der Waals surface area contributed by atoms with Crippen LogP contribution in [0, 0.1) is 19.8 Å². The minimum Gasteiger partial charge on any atom is -0.337 e. The number of anilines is 1. The van der Waals surface area contributed by atoms with Crippen LogP contribution in [0.15, 0.2) is 48.8 Å². The molecule has 1 aliphatic rings. The molecule has 0 radical (unpaired) electrons. The van der Waals surface area contributed by atoms with Gasteiger partial charge in [-0.3, -0.25) is 19.7 Å². The first-order valence-electron chi connectivity index (χ1n) is 10.1. The van der Waals surface area contributed by atoms with Gasteiger partial charge in [0.1, 0.15) is 5.69 Å². The van der Waals surface area contributed by atoms with Gasteiger partial charge >= 0.3 is 0 Å². The summed E-state index contributed by atoms with van der Waals surface area (Å²) in [6.45, 7) is 5.17. The van der Waals surface area contributed by atoms with Gasteiger partial charge in [-0.2, -0.15) is 5.10 Å². The number of aryl methyl sites for hydroxylation is 2. The van der Waals surface area contributed by atoms with Gasteiger partial charge in [0.15, 0.2) is 0 Å². The second-order valence-electron chi connectivity index (χ2n) is 7.76. The van der Waals surface area contributed by atoms with Gasteiger partial charge in [0.2, 0.25) is 5.91 Å². The molecule has 0 bridgehead atoms. The predicted molar refractivity (Wildman–Crippen MR) is 115 cm³/mol. The van der Waals surface area contributed by atoms with E-state index in [1.807, 2.05) is 44.2 Å². The lowest BCUT2D eigenvalue weighted by molar-refractivity contribution is -0.121. The number of hydrogen-bond acceptors (Lipinski definition) is 4. The molecule has 1 saturated heterocycles. The van der Waals surface area contributed by atoms with E-state index in [1.165, 1.54) is 5.56 Å². The van der Waals surface area contributed by atoms with Crippen LogP contribution >= 0.6 is 0 Å². The van der Waals surface area contributed by atoms with E-state index in [4.69, 9.17) is 0 Å². The number of aromatic amines is 1. The zero-order chi connectivity index (χ0) is 21.1. The van der Waals surface area contributed by atoms with Crippen LogP contribution in [-0.2, 0) is 4.79 Å². The van der Waals surface area contributed by atoms with Gasteiger partial charge in [-0.05, 0) is 68.1 Å². The van der Waals surface area contributed by atoms with E-state index in [-0.39, 0.29) is 17.7 Å². The average Bonchev–Trinajstić information content (AvgIpc) is 3.27. The minimum absolute atomic E-state index is 0.0192. The van der Waals surface area contributed by atoms with Crippen molar-refractivity contribution in [2.75, 3.05) is 18.4 Å². The topological polar surface area (TPSA) is 91.0 Å². The summed E-state index contributed by atoms with van der Waals surface area (Å²) in [5.41, 5.74) is 5.17. The summed E-state index contributed by atoms with van der Waals surface area (Å²) in [4.78, 5) is 31.3. The monoisotopic (exact) mass is 403 g/mol. The quantitative estimate of drug-likeness (QED) is 0.697. The molecule has 2 N–H and O–H groups in total. The molecular formula is C23H25N5O2. The Hall–Kier alpha value is -3.48. The summed E-state index contributed by atoms with van der Waals surface area (Å²) in [6.07, 6.45) is 4.70. The molecule has 0 spiro atoms. The summed E-state index contributed by atoms with van der Waals surface area (Å²) in [5.74, 6) is -0.167. The summed E-state index contributed by atoms with van der Waals surface area (Å²) in [5, 5.41) is 10.1. The zero-order valence-electron chi connectivity index (χ0n) is 17.2. The lowest BCUT2D eigenvalue weighted by Gasteiger charge is -2.31. The molecule has 2 amide bonds. The molecule has 0 saturated carbocycles. The molecule has 1 aliphatic heterocycles. The first-order valence-corrected chi connectivity index (χ1v) is 10.1. The van der Waals surface area contributed by atoms with E-state index < -0.39 is 0 Å². The lowest BCUT2D eigenvalue weighted by Crippen LogP contribution is -2.41.